The second-order valence-electron chi connectivity index (χ2n) is 2.49. The zero-order valence-electron chi connectivity index (χ0n) is 7.75. The summed E-state index contributed by atoms with van der Waals surface area (Å²) in [7, 11) is 0. The van der Waals surface area contributed by atoms with Crippen molar-refractivity contribution in [1.29, 1.82) is 0 Å². The smallest absolute Gasteiger partial charge is 0.0296 e. The second kappa shape index (κ2) is 6.35. The topological polar surface area (TPSA) is 12.4 Å². The summed E-state index contributed by atoms with van der Waals surface area (Å²) in [6.45, 7) is 11.2. The summed E-state index contributed by atoms with van der Waals surface area (Å²) in [5, 5.41) is 0. The molecule has 0 N–H and O–H groups in total. The molecule has 0 aliphatic carbocycles. The Morgan fingerprint density at radius 3 is 2.17 bits per heavy atom. The summed E-state index contributed by atoms with van der Waals surface area (Å²) in [5.74, 6) is 0. The molecule has 12 heavy (non-hydrogen) atoms. The number of hydrogen-bond donors (Lipinski definition) is 0. The zero-order chi connectivity index (χ0) is 9.40. The van der Waals surface area contributed by atoms with E-state index in [-0.39, 0.29) is 0 Å². The SMILES string of the molecule is C=C/C(C)=C/C=N\C=C(/C)C=C. The van der Waals surface area contributed by atoms with Crippen molar-refractivity contribution in [2.75, 3.05) is 0 Å². The molecule has 0 radical (unpaired) electrons. The third-order valence-corrected chi connectivity index (χ3v) is 1.35. The lowest BCUT2D eigenvalue weighted by molar-refractivity contribution is 1.44. The largest absolute Gasteiger partial charge is 0.264 e. The molecule has 0 aromatic heterocycles. The predicted octanol–water partition coefficient (Wildman–Crippen LogP) is 3.28. The van der Waals surface area contributed by atoms with E-state index in [0.717, 1.165) is 11.1 Å². The maximum Gasteiger partial charge on any atom is 0.0296 e. The van der Waals surface area contributed by atoms with Crippen LogP contribution in [-0.4, -0.2) is 6.21 Å². The van der Waals surface area contributed by atoms with Gasteiger partial charge < -0.3 is 0 Å². The van der Waals surface area contributed by atoms with Crippen LogP contribution >= 0.6 is 0 Å². The summed E-state index contributed by atoms with van der Waals surface area (Å²) in [5.41, 5.74) is 2.15. The maximum absolute atomic E-state index is 4.05. The summed E-state index contributed by atoms with van der Waals surface area (Å²) < 4.78 is 0. The molecular formula is C11H15N. The van der Waals surface area contributed by atoms with Crippen LogP contribution in [0.5, 0.6) is 0 Å². The summed E-state index contributed by atoms with van der Waals surface area (Å²) in [6, 6.07) is 0. The van der Waals surface area contributed by atoms with Gasteiger partial charge >= 0.3 is 0 Å². The van der Waals surface area contributed by atoms with Crippen LogP contribution in [0.1, 0.15) is 13.8 Å². The molecule has 0 bridgehead atoms. The van der Waals surface area contributed by atoms with E-state index in [1.54, 1.807) is 24.6 Å². The standard InChI is InChI=1S/C11H15N/c1-5-10(3)7-8-12-9-11(4)6-2/h5-9H,1-2H2,3-4H3/b10-7+,11-9+,12-8-. The average molecular weight is 161 g/mol. The number of nitrogens with zero attached hydrogens (tertiary/aromatic N) is 1. The van der Waals surface area contributed by atoms with Gasteiger partial charge in [0.05, 0.1) is 0 Å². The summed E-state index contributed by atoms with van der Waals surface area (Å²) in [4.78, 5) is 4.05. The van der Waals surface area contributed by atoms with E-state index in [0.29, 0.717) is 0 Å². The Kier molecular flexibility index (Phi) is 5.62. The highest BCUT2D eigenvalue weighted by Crippen LogP contribution is 1.93. The van der Waals surface area contributed by atoms with E-state index in [1.807, 2.05) is 19.9 Å². The quantitative estimate of drug-likeness (QED) is 0.443. The maximum atomic E-state index is 4.05. The molecule has 1 heteroatoms. The first-order chi connectivity index (χ1) is 5.70. The van der Waals surface area contributed by atoms with Crippen molar-refractivity contribution in [2.24, 2.45) is 4.99 Å². The Morgan fingerprint density at radius 2 is 1.67 bits per heavy atom. The zero-order valence-corrected chi connectivity index (χ0v) is 7.75. The van der Waals surface area contributed by atoms with Crippen molar-refractivity contribution in [3.05, 3.63) is 48.7 Å². The minimum Gasteiger partial charge on any atom is -0.264 e. The Balaban J connectivity index is 4.09. The van der Waals surface area contributed by atoms with E-state index < -0.39 is 0 Å². The molecule has 1 nitrogen and oxygen atoms in total. The van der Waals surface area contributed by atoms with Gasteiger partial charge in [0, 0.05) is 12.4 Å². The van der Waals surface area contributed by atoms with Crippen LogP contribution in [-0.2, 0) is 0 Å². The molecular weight excluding hydrogens is 146 g/mol. The van der Waals surface area contributed by atoms with Crippen LogP contribution in [0.2, 0.25) is 0 Å². The molecule has 0 heterocycles. The van der Waals surface area contributed by atoms with Crippen LogP contribution in [0.3, 0.4) is 0 Å². The molecule has 0 aliphatic rings. The molecule has 0 aliphatic heterocycles. The van der Waals surface area contributed by atoms with E-state index in [9.17, 15) is 0 Å². The van der Waals surface area contributed by atoms with Gasteiger partial charge in [-0.2, -0.15) is 0 Å². The van der Waals surface area contributed by atoms with Gasteiger partial charge in [-0.15, -0.1) is 0 Å². The third kappa shape index (κ3) is 5.42. The molecule has 0 saturated carbocycles. The van der Waals surface area contributed by atoms with Crippen molar-refractivity contribution in [3.8, 4) is 0 Å². The molecule has 0 aromatic rings. The van der Waals surface area contributed by atoms with Crippen molar-refractivity contribution < 1.29 is 0 Å². The molecule has 0 spiro atoms. The van der Waals surface area contributed by atoms with E-state index >= 15 is 0 Å². The van der Waals surface area contributed by atoms with E-state index in [1.165, 1.54) is 0 Å². The van der Waals surface area contributed by atoms with Crippen molar-refractivity contribution in [3.63, 3.8) is 0 Å². The van der Waals surface area contributed by atoms with Crippen molar-refractivity contribution >= 4 is 6.21 Å². The molecule has 0 rings (SSSR count). The minimum atomic E-state index is 1.05. The van der Waals surface area contributed by atoms with Crippen LogP contribution < -0.4 is 0 Å². The summed E-state index contributed by atoms with van der Waals surface area (Å²) in [6.07, 6.45) is 8.96. The number of aliphatic imine (C=N–C) groups is 1. The molecule has 0 unspecified atom stereocenters. The predicted molar refractivity (Wildman–Crippen MR) is 56.4 cm³/mol. The van der Waals surface area contributed by atoms with Gasteiger partial charge in [-0.25, -0.2) is 0 Å². The lowest BCUT2D eigenvalue weighted by Crippen LogP contribution is -1.69. The van der Waals surface area contributed by atoms with Gasteiger partial charge in [0.1, 0.15) is 0 Å². The lowest BCUT2D eigenvalue weighted by Gasteiger charge is -1.85. The Bertz CT molecular complexity index is 216. The van der Waals surface area contributed by atoms with Crippen LogP contribution in [0.15, 0.2) is 53.7 Å². The first kappa shape index (κ1) is 10.6. The summed E-state index contributed by atoms with van der Waals surface area (Å²) >= 11 is 0. The molecule has 0 aromatic carbocycles. The average Bonchev–Trinajstić information content (AvgIpc) is 2.11. The second-order valence-corrected chi connectivity index (χ2v) is 2.49. The molecule has 0 saturated heterocycles. The minimum absolute atomic E-state index is 1.05. The molecule has 0 atom stereocenters. The normalized spacial score (nSPS) is 13.5. The first-order valence-electron chi connectivity index (χ1n) is 3.82. The van der Waals surface area contributed by atoms with Crippen molar-refractivity contribution in [2.45, 2.75) is 13.8 Å². The molecule has 0 amide bonds. The highest BCUT2D eigenvalue weighted by atomic mass is 14.7. The fourth-order valence-electron chi connectivity index (χ4n) is 0.442. The van der Waals surface area contributed by atoms with Crippen LogP contribution in [0, 0.1) is 0 Å². The van der Waals surface area contributed by atoms with Crippen LogP contribution in [0.4, 0.5) is 0 Å². The van der Waals surface area contributed by atoms with Gasteiger partial charge in [-0.1, -0.05) is 30.9 Å². The highest BCUT2D eigenvalue weighted by Gasteiger charge is 1.75. The lowest BCUT2D eigenvalue weighted by atomic mass is 10.3. The van der Waals surface area contributed by atoms with E-state index in [2.05, 4.69) is 18.2 Å². The Morgan fingerprint density at radius 1 is 1.08 bits per heavy atom. The fraction of sp³-hybridized carbons (Fsp3) is 0.182. The first-order valence-corrected chi connectivity index (χ1v) is 3.82. The van der Waals surface area contributed by atoms with E-state index in [4.69, 9.17) is 0 Å². The van der Waals surface area contributed by atoms with Gasteiger partial charge in [-0.05, 0) is 25.5 Å². The number of hydrogen-bond acceptors (Lipinski definition) is 1. The van der Waals surface area contributed by atoms with Gasteiger partial charge in [0.25, 0.3) is 0 Å². The van der Waals surface area contributed by atoms with Gasteiger partial charge in [0.2, 0.25) is 0 Å². The number of rotatable bonds is 4. The monoisotopic (exact) mass is 161 g/mol. The van der Waals surface area contributed by atoms with Crippen LogP contribution in [0.25, 0.3) is 0 Å². The molecule has 0 fully saturated rings. The Labute approximate surface area is 74.5 Å². The fourth-order valence-corrected chi connectivity index (χ4v) is 0.442. The van der Waals surface area contributed by atoms with Gasteiger partial charge in [0.15, 0.2) is 0 Å². The Hall–Kier alpha value is -1.37. The third-order valence-electron chi connectivity index (χ3n) is 1.35. The van der Waals surface area contributed by atoms with Crippen molar-refractivity contribution in [1.82, 2.24) is 0 Å². The molecule has 64 valence electrons. The van der Waals surface area contributed by atoms with Gasteiger partial charge in [-0.3, -0.25) is 4.99 Å². The highest BCUT2D eigenvalue weighted by molar-refractivity contribution is 5.73. The number of allylic oxidation sites excluding steroid dienone is 5.